The van der Waals surface area contributed by atoms with Crippen molar-refractivity contribution in [3.05, 3.63) is 29.8 Å². The zero-order valence-electron chi connectivity index (χ0n) is 10.5. The second kappa shape index (κ2) is 5.34. The van der Waals surface area contributed by atoms with Gasteiger partial charge in [-0.25, -0.2) is 4.98 Å². The van der Waals surface area contributed by atoms with Gasteiger partial charge in [-0.2, -0.15) is 4.39 Å². The molecule has 102 valence electrons. The molecule has 2 rings (SSSR count). The van der Waals surface area contributed by atoms with Crippen molar-refractivity contribution < 1.29 is 19.1 Å². The van der Waals surface area contributed by atoms with Crippen LogP contribution in [-0.2, 0) is 4.79 Å². The molecular formula is C13H15FN2O3. The summed E-state index contributed by atoms with van der Waals surface area (Å²) in [5, 5.41) is 8.97. The number of halogens is 1. The highest BCUT2D eigenvalue weighted by Gasteiger charge is 2.33. The number of aromatic nitrogens is 1. The van der Waals surface area contributed by atoms with Crippen molar-refractivity contribution in [3.63, 3.8) is 0 Å². The fourth-order valence-corrected chi connectivity index (χ4v) is 2.40. The van der Waals surface area contributed by atoms with Crippen LogP contribution in [0.5, 0.6) is 0 Å². The molecule has 1 saturated heterocycles. The predicted octanol–water partition coefficient (Wildman–Crippen LogP) is 1.55. The van der Waals surface area contributed by atoms with Gasteiger partial charge in [0, 0.05) is 18.8 Å². The number of nitrogens with zero attached hydrogens (tertiary/aromatic N) is 2. The van der Waals surface area contributed by atoms with E-state index in [0.717, 1.165) is 0 Å². The molecule has 1 fully saturated rings. The zero-order chi connectivity index (χ0) is 14.0. The van der Waals surface area contributed by atoms with Crippen molar-refractivity contribution in [2.45, 2.75) is 25.8 Å². The summed E-state index contributed by atoms with van der Waals surface area (Å²) >= 11 is 0. The van der Waals surface area contributed by atoms with Crippen LogP contribution >= 0.6 is 0 Å². The maximum Gasteiger partial charge on any atom is 0.306 e. The average molecular weight is 266 g/mol. The van der Waals surface area contributed by atoms with E-state index in [0.29, 0.717) is 19.4 Å². The molecule has 1 aliphatic heterocycles. The third-order valence-corrected chi connectivity index (χ3v) is 3.48. The molecular weight excluding hydrogens is 251 g/mol. The lowest BCUT2D eigenvalue weighted by Gasteiger charge is -2.36. The van der Waals surface area contributed by atoms with E-state index in [2.05, 4.69) is 4.98 Å². The van der Waals surface area contributed by atoms with E-state index < -0.39 is 23.7 Å². The van der Waals surface area contributed by atoms with Gasteiger partial charge >= 0.3 is 5.97 Å². The second-order valence-corrected chi connectivity index (χ2v) is 4.75. The maximum atomic E-state index is 13.5. The van der Waals surface area contributed by atoms with Crippen LogP contribution in [-0.4, -0.2) is 39.5 Å². The van der Waals surface area contributed by atoms with Crippen LogP contribution in [0.1, 0.15) is 30.1 Å². The molecule has 0 spiro atoms. The first-order chi connectivity index (χ1) is 9.00. The monoisotopic (exact) mass is 266 g/mol. The quantitative estimate of drug-likeness (QED) is 0.824. The molecule has 5 nitrogen and oxygen atoms in total. The molecule has 0 radical (unpaired) electrons. The highest BCUT2D eigenvalue weighted by atomic mass is 19.1. The predicted molar refractivity (Wildman–Crippen MR) is 65.1 cm³/mol. The number of carboxylic acid groups (broad SMARTS) is 1. The van der Waals surface area contributed by atoms with Crippen LogP contribution in [0, 0.1) is 11.9 Å². The lowest BCUT2D eigenvalue weighted by Crippen LogP contribution is -2.46. The third kappa shape index (κ3) is 2.72. The fraction of sp³-hybridized carbons (Fsp3) is 0.462. The Labute approximate surface area is 110 Å². The molecule has 2 unspecified atom stereocenters. The van der Waals surface area contributed by atoms with Crippen LogP contribution in [0.15, 0.2) is 18.3 Å². The number of rotatable bonds is 2. The molecule has 1 amide bonds. The Hall–Kier alpha value is -1.98. The highest BCUT2D eigenvalue weighted by molar-refractivity contribution is 5.94. The molecule has 1 N–H and O–H groups in total. The van der Waals surface area contributed by atoms with Crippen molar-refractivity contribution in [2.75, 3.05) is 6.54 Å². The molecule has 2 atom stereocenters. The van der Waals surface area contributed by atoms with Crippen LogP contribution in [0.4, 0.5) is 4.39 Å². The first-order valence-corrected chi connectivity index (χ1v) is 6.15. The molecule has 0 saturated carbocycles. The molecule has 2 heterocycles. The first-order valence-electron chi connectivity index (χ1n) is 6.15. The third-order valence-electron chi connectivity index (χ3n) is 3.48. The first kappa shape index (κ1) is 13.5. The van der Waals surface area contributed by atoms with Crippen LogP contribution in [0.3, 0.4) is 0 Å². The number of hydrogen-bond donors (Lipinski definition) is 1. The Morgan fingerprint density at radius 2 is 2.26 bits per heavy atom. The summed E-state index contributed by atoms with van der Waals surface area (Å²) in [5.41, 5.74) is -0.0666. The SMILES string of the molecule is CC1CC(C(=O)O)CCN1C(=O)c1cccnc1F. The van der Waals surface area contributed by atoms with Gasteiger partial charge in [-0.05, 0) is 31.9 Å². The van der Waals surface area contributed by atoms with Crippen LogP contribution < -0.4 is 0 Å². The molecule has 1 aliphatic rings. The number of likely N-dealkylation sites (tertiary alicyclic amines) is 1. The van der Waals surface area contributed by atoms with Crippen molar-refractivity contribution in [1.82, 2.24) is 9.88 Å². The van der Waals surface area contributed by atoms with Crippen molar-refractivity contribution in [2.24, 2.45) is 5.92 Å². The number of hydrogen-bond acceptors (Lipinski definition) is 3. The Kier molecular flexibility index (Phi) is 3.78. The summed E-state index contributed by atoms with van der Waals surface area (Å²) < 4.78 is 13.5. The van der Waals surface area contributed by atoms with Gasteiger partial charge in [-0.1, -0.05) is 0 Å². The topological polar surface area (TPSA) is 70.5 Å². The number of carboxylic acids is 1. The lowest BCUT2D eigenvalue weighted by molar-refractivity contribution is -0.143. The van der Waals surface area contributed by atoms with E-state index in [1.807, 2.05) is 0 Å². The summed E-state index contributed by atoms with van der Waals surface area (Å²) in [4.78, 5) is 28.1. The molecule has 1 aromatic heterocycles. The van der Waals surface area contributed by atoms with Gasteiger partial charge in [-0.15, -0.1) is 0 Å². The molecule has 19 heavy (non-hydrogen) atoms. The van der Waals surface area contributed by atoms with E-state index in [1.165, 1.54) is 23.2 Å². The van der Waals surface area contributed by atoms with E-state index >= 15 is 0 Å². The normalized spacial score (nSPS) is 23.2. The van der Waals surface area contributed by atoms with Gasteiger partial charge in [0.2, 0.25) is 5.95 Å². The Balaban J connectivity index is 2.13. The average Bonchev–Trinajstić information content (AvgIpc) is 2.38. The zero-order valence-corrected chi connectivity index (χ0v) is 10.5. The maximum absolute atomic E-state index is 13.5. The second-order valence-electron chi connectivity index (χ2n) is 4.75. The van der Waals surface area contributed by atoms with Gasteiger partial charge in [0.1, 0.15) is 0 Å². The fourth-order valence-electron chi connectivity index (χ4n) is 2.40. The molecule has 0 bridgehead atoms. The number of carbonyl (C=O) groups is 2. The Morgan fingerprint density at radius 1 is 1.53 bits per heavy atom. The largest absolute Gasteiger partial charge is 0.481 e. The summed E-state index contributed by atoms with van der Waals surface area (Å²) in [6, 6.07) is 2.67. The Bertz CT molecular complexity index is 506. The van der Waals surface area contributed by atoms with Gasteiger partial charge < -0.3 is 10.0 Å². The Morgan fingerprint density at radius 3 is 2.84 bits per heavy atom. The van der Waals surface area contributed by atoms with Crippen LogP contribution in [0.2, 0.25) is 0 Å². The summed E-state index contributed by atoms with van der Waals surface area (Å²) in [6.07, 6.45) is 2.07. The van der Waals surface area contributed by atoms with Gasteiger partial charge in [0.15, 0.2) is 0 Å². The number of piperidine rings is 1. The molecule has 6 heteroatoms. The van der Waals surface area contributed by atoms with Crippen molar-refractivity contribution in [1.29, 1.82) is 0 Å². The minimum absolute atomic E-state index is 0.0666. The van der Waals surface area contributed by atoms with E-state index in [-0.39, 0.29) is 11.6 Å². The number of amides is 1. The minimum Gasteiger partial charge on any atom is -0.481 e. The minimum atomic E-state index is -0.841. The standard InChI is InChI=1S/C13H15FN2O3/c1-8-7-9(13(18)19)4-6-16(8)12(17)10-3-2-5-15-11(10)14/h2-3,5,8-9H,4,6-7H2,1H3,(H,18,19). The van der Waals surface area contributed by atoms with Crippen molar-refractivity contribution in [3.8, 4) is 0 Å². The van der Waals surface area contributed by atoms with Gasteiger partial charge in [0.25, 0.3) is 5.91 Å². The van der Waals surface area contributed by atoms with Gasteiger partial charge in [-0.3, -0.25) is 9.59 Å². The van der Waals surface area contributed by atoms with Crippen molar-refractivity contribution >= 4 is 11.9 Å². The summed E-state index contributed by atoms with van der Waals surface area (Å²) in [5.74, 6) is -2.49. The summed E-state index contributed by atoms with van der Waals surface area (Å²) in [7, 11) is 0. The van der Waals surface area contributed by atoms with Crippen LogP contribution in [0.25, 0.3) is 0 Å². The molecule has 0 aliphatic carbocycles. The lowest BCUT2D eigenvalue weighted by atomic mass is 9.91. The van der Waals surface area contributed by atoms with E-state index in [9.17, 15) is 14.0 Å². The highest BCUT2D eigenvalue weighted by Crippen LogP contribution is 2.24. The number of pyridine rings is 1. The molecule has 0 aromatic carbocycles. The smallest absolute Gasteiger partial charge is 0.306 e. The van der Waals surface area contributed by atoms with Gasteiger partial charge in [0.05, 0.1) is 11.5 Å². The number of aliphatic carboxylic acids is 1. The summed E-state index contributed by atoms with van der Waals surface area (Å²) in [6.45, 7) is 2.10. The number of carbonyl (C=O) groups excluding carboxylic acids is 1. The van der Waals surface area contributed by atoms with E-state index in [1.54, 1.807) is 6.92 Å². The molecule has 1 aromatic rings. The van der Waals surface area contributed by atoms with E-state index in [4.69, 9.17) is 5.11 Å².